The minimum Gasteiger partial charge on any atom is -0.235 e. The van der Waals surface area contributed by atoms with Crippen LogP contribution in [0.1, 0.15) is 5.69 Å². The van der Waals surface area contributed by atoms with Gasteiger partial charge in [0.1, 0.15) is 0 Å². The van der Waals surface area contributed by atoms with Gasteiger partial charge in [-0.2, -0.15) is 5.10 Å². The quantitative estimate of drug-likeness (QED) is 0.632. The maximum Gasteiger partial charge on any atom is 0.0930 e. The van der Waals surface area contributed by atoms with Crippen LogP contribution in [-0.4, -0.2) is 9.78 Å². The summed E-state index contributed by atoms with van der Waals surface area (Å²) < 4.78 is 2.87. The molecule has 1 aromatic heterocycles. The van der Waals surface area contributed by atoms with Crippen LogP contribution in [0.3, 0.4) is 0 Å². The molecule has 0 radical (unpaired) electrons. The van der Waals surface area contributed by atoms with E-state index in [1.807, 2.05) is 48.0 Å². The summed E-state index contributed by atoms with van der Waals surface area (Å²) in [5.41, 5.74) is 2.95. The average Bonchev–Trinajstić information content (AvgIpc) is 2.71. The molecule has 0 saturated carbocycles. The first-order valence-corrected chi connectivity index (χ1v) is 6.74. The van der Waals surface area contributed by atoms with E-state index in [1.165, 1.54) is 0 Å². The highest BCUT2D eigenvalue weighted by Gasteiger charge is 2.11. The lowest BCUT2D eigenvalue weighted by atomic mass is 10.2. The fourth-order valence-electron chi connectivity index (χ4n) is 2.05. The highest BCUT2D eigenvalue weighted by atomic mass is 79.9. The van der Waals surface area contributed by atoms with Crippen molar-refractivity contribution in [3.8, 4) is 5.69 Å². The van der Waals surface area contributed by atoms with Gasteiger partial charge >= 0.3 is 0 Å². The van der Waals surface area contributed by atoms with Gasteiger partial charge < -0.3 is 0 Å². The molecular formula is C14H10BrClN2. The van der Waals surface area contributed by atoms with Gasteiger partial charge in [0.2, 0.25) is 0 Å². The molecule has 0 atom stereocenters. The summed E-state index contributed by atoms with van der Waals surface area (Å²) in [5.74, 6) is 0. The Bertz CT molecular complexity index is 734. The van der Waals surface area contributed by atoms with Gasteiger partial charge in [0.25, 0.3) is 0 Å². The normalized spacial score (nSPS) is 11.1. The lowest BCUT2D eigenvalue weighted by Crippen LogP contribution is -1.99. The minimum absolute atomic E-state index is 0.689. The second kappa shape index (κ2) is 4.41. The second-order valence-corrected chi connectivity index (χ2v) is 5.43. The standard InChI is InChI=1S/C14H10BrClN2/c1-9-11-4-2-3-5-13(11)17-18(9)14-8-10(15)6-7-12(14)16/h2-8H,1H3. The third kappa shape index (κ3) is 1.84. The van der Waals surface area contributed by atoms with Gasteiger partial charge in [0, 0.05) is 15.6 Å². The Kier molecular flexibility index (Phi) is 2.88. The largest absolute Gasteiger partial charge is 0.235 e. The van der Waals surface area contributed by atoms with E-state index < -0.39 is 0 Å². The molecule has 0 aliphatic carbocycles. The van der Waals surface area contributed by atoms with Crippen LogP contribution in [0.2, 0.25) is 5.02 Å². The van der Waals surface area contributed by atoms with Crippen LogP contribution in [0.25, 0.3) is 16.6 Å². The van der Waals surface area contributed by atoms with Crippen molar-refractivity contribution in [3.05, 3.63) is 57.7 Å². The minimum atomic E-state index is 0.689. The van der Waals surface area contributed by atoms with Crippen molar-refractivity contribution in [2.45, 2.75) is 6.92 Å². The molecular weight excluding hydrogens is 312 g/mol. The molecule has 0 unspecified atom stereocenters. The van der Waals surface area contributed by atoms with Crippen molar-refractivity contribution in [2.75, 3.05) is 0 Å². The van der Waals surface area contributed by atoms with Crippen molar-refractivity contribution in [2.24, 2.45) is 0 Å². The summed E-state index contributed by atoms with van der Waals surface area (Å²) in [6.07, 6.45) is 0. The monoisotopic (exact) mass is 320 g/mol. The molecule has 2 aromatic carbocycles. The molecule has 3 rings (SSSR count). The summed E-state index contributed by atoms with van der Waals surface area (Å²) in [7, 11) is 0. The first kappa shape index (κ1) is 11.8. The zero-order valence-electron chi connectivity index (χ0n) is 9.69. The summed E-state index contributed by atoms with van der Waals surface area (Å²) in [4.78, 5) is 0. The summed E-state index contributed by atoms with van der Waals surface area (Å²) in [6.45, 7) is 2.05. The molecule has 4 heteroatoms. The van der Waals surface area contributed by atoms with E-state index in [-0.39, 0.29) is 0 Å². The summed E-state index contributed by atoms with van der Waals surface area (Å²) in [6, 6.07) is 13.8. The van der Waals surface area contributed by atoms with Crippen LogP contribution in [0.5, 0.6) is 0 Å². The smallest absolute Gasteiger partial charge is 0.0930 e. The molecule has 1 heterocycles. The van der Waals surface area contributed by atoms with Crippen molar-refractivity contribution >= 4 is 38.4 Å². The Balaban J connectivity index is 2.31. The number of benzene rings is 2. The number of fused-ring (bicyclic) bond motifs is 1. The number of hydrogen-bond acceptors (Lipinski definition) is 1. The van der Waals surface area contributed by atoms with E-state index in [4.69, 9.17) is 11.6 Å². The van der Waals surface area contributed by atoms with Crippen LogP contribution in [0.4, 0.5) is 0 Å². The van der Waals surface area contributed by atoms with E-state index in [0.717, 1.165) is 26.8 Å². The Morgan fingerprint density at radius 1 is 1.17 bits per heavy atom. The SMILES string of the molecule is Cc1c2ccccc2nn1-c1cc(Br)ccc1Cl. The molecule has 0 aliphatic heterocycles. The van der Waals surface area contributed by atoms with E-state index in [0.29, 0.717) is 5.02 Å². The van der Waals surface area contributed by atoms with Crippen LogP contribution in [-0.2, 0) is 0 Å². The Morgan fingerprint density at radius 2 is 1.94 bits per heavy atom. The maximum absolute atomic E-state index is 6.25. The molecule has 0 fully saturated rings. The molecule has 0 bridgehead atoms. The van der Waals surface area contributed by atoms with E-state index in [2.05, 4.69) is 27.1 Å². The number of rotatable bonds is 1. The number of nitrogens with zero attached hydrogens (tertiary/aromatic N) is 2. The van der Waals surface area contributed by atoms with Gasteiger partial charge in [-0.05, 0) is 31.2 Å². The summed E-state index contributed by atoms with van der Waals surface area (Å²) in [5, 5.41) is 6.43. The Hall–Kier alpha value is -1.32. The fraction of sp³-hybridized carbons (Fsp3) is 0.0714. The predicted molar refractivity (Wildman–Crippen MR) is 78.5 cm³/mol. The zero-order valence-corrected chi connectivity index (χ0v) is 12.0. The van der Waals surface area contributed by atoms with Crippen LogP contribution >= 0.6 is 27.5 Å². The molecule has 0 saturated heterocycles. The molecule has 0 N–H and O–H groups in total. The van der Waals surface area contributed by atoms with Crippen molar-refractivity contribution in [1.29, 1.82) is 0 Å². The number of hydrogen-bond donors (Lipinski definition) is 0. The third-order valence-electron chi connectivity index (χ3n) is 2.96. The lowest BCUT2D eigenvalue weighted by molar-refractivity contribution is 0.860. The lowest BCUT2D eigenvalue weighted by Gasteiger charge is -2.07. The predicted octanol–water partition coefficient (Wildman–Crippen LogP) is 4.75. The third-order valence-corrected chi connectivity index (χ3v) is 3.77. The van der Waals surface area contributed by atoms with Crippen molar-refractivity contribution < 1.29 is 0 Å². The number of aromatic nitrogens is 2. The van der Waals surface area contributed by atoms with Crippen LogP contribution in [0, 0.1) is 6.92 Å². The molecule has 3 aromatic rings. The molecule has 0 spiro atoms. The fourth-order valence-corrected chi connectivity index (χ4v) is 2.59. The zero-order chi connectivity index (χ0) is 12.7. The second-order valence-electron chi connectivity index (χ2n) is 4.11. The van der Waals surface area contributed by atoms with Crippen molar-refractivity contribution in [3.63, 3.8) is 0 Å². The molecule has 0 aliphatic rings. The summed E-state index contributed by atoms with van der Waals surface area (Å²) >= 11 is 9.71. The van der Waals surface area contributed by atoms with Crippen LogP contribution in [0.15, 0.2) is 46.9 Å². The van der Waals surface area contributed by atoms with Gasteiger partial charge in [0.05, 0.1) is 16.2 Å². The van der Waals surface area contributed by atoms with E-state index in [1.54, 1.807) is 0 Å². The Labute approximate surface area is 118 Å². The van der Waals surface area contributed by atoms with Crippen LogP contribution < -0.4 is 0 Å². The first-order chi connectivity index (χ1) is 8.66. The van der Waals surface area contributed by atoms with Gasteiger partial charge in [-0.3, -0.25) is 0 Å². The van der Waals surface area contributed by atoms with Crippen molar-refractivity contribution in [1.82, 2.24) is 9.78 Å². The molecule has 18 heavy (non-hydrogen) atoms. The van der Waals surface area contributed by atoms with Gasteiger partial charge in [-0.1, -0.05) is 45.7 Å². The van der Waals surface area contributed by atoms with Gasteiger partial charge in [-0.15, -0.1) is 0 Å². The topological polar surface area (TPSA) is 17.8 Å². The van der Waals surface area contributed by atoms with Gasteiger partial charge in [-0.25, -0.2) is 4.68 Å². The highest BCUT2D eigenvalue weighted by Crippen LogP contribution is 2.28. The maximum atomic E-state index is 6.25. The average molecular weight is 322 g/mol. The molecule has 2 nitrogen and oxygen atoms in total. The number of halogens is 2. The van der Waals surface area contributed by atoms with Gasteiger partial charge in [0.15, 0.2) is 0 Å². The van der Waals surface area contributed by atoms with E-state index >= 15 is 0 Å². The number of aryl methyl sites for hydroxylation is 1. The van der Waals surface area contributed by atoms with E-state index in [9.17, 15) is 0 Å². The molecule has 90 valence electrons. The highest BCUT2D eigenvalue weighted by molar-refractivity contribution is 9.10. The molecule has 0 amide bonds. The Morgan fingerprint density at radius 3 is 2.72 bits per heavy atom. The first-order valence-electron chi connectivity index (χ1n) is 5.56.